The fourth-order valence-electron chi connectivity index (χ4n) is 3.44. The van der Waals surface area contributed by atoms with E-state index >= 15 is 0 Å². The van der Waals surface area contributed by atoms with Gasteiger partial charge in [0.25, 0.3) is 5.91 Å². The molecule has 1 N–H and O–H groups in total. The third-order valence-corrected chi connectivity index (χ3v) is 6.80. The first-order chi connectivity index (χ1) is 13.7. The fraction of sp³-hybridized carbons (Fsp3) is 0.316. The smallest absolute Gasteiger partial charge is 0.350 e. The van der Waals surface area contributed by atoms with Gasteiger partial charge in [0.2, 0.25) is 0 Å². The number of fused-ring (bicyclic) bond motifs is 1. The summed E-state index contributed by atoms with van der Waals surface area (Å²) in [7, 11) is -3.78. The quantitative estimate of drug-likeness (QED) is 0.800. The van der Waals surface area contributed by atoms with E-state index in [0.29, 0.717) is 11.4 Å². The number of hydrogen-bond acceptors (Lipinski definition) is 3. The van der Waals surface area contributed by atoms with Gasteiger partial charge >= 0.3 is 16.4 Å². The Labute approximate surface area is 166 Å². The molecule has 2 aromatic carbocycles. The van der Waals surface area contributed by atoms with E-state index in [-0.39, 0.29) is 19.1 Å². The van der Waals surface area contributed by atoms with Gasteiger partial charge in [-0.05, 0) is 37.1 Å². The van der Waals surface area contributed by atoms with Gasteiger partial charge in [0.15, 0.2) is 0 Å². The first-order valence-electron chi connectivity index (χ1n) is 9.07. The number of alkyl halides is 3. The Bertz CT molecular complexity index is 1050. The lowest BCUT2D eigenvalue weighted by molar-refractivity contribution is -0.137. The van der Waals surface area contributed by atoms with Crippen LogP contribution in [0, 0.1) is 0 Å². The molecule has 2 aromatic rings. The van der Waals surface area contributed by atoms with Gasteiger partial charge in [-0.1, -0.05) is 24.3 Å². The lowest BCUT2D eigenvalue weighted by atomic mass is 10.1. The number of rotatable bonds is 5. The van der Waals surface area contributed by atoms with Crippen LogP contribution in [0.2, 0.25) is 0 Å². The molecule has 0 bridgehead atoms. The predicted molar refractivity (Wildman–Crippen MR) is 102 cm³/mol. The van der Waals surface area contributed by atoms with Crippen molar-refractivity contribution in [3.05, 3.63) is 59.7 Å². The second-order valence-electron chi connectivity index (χ2n) is 6.89. The molecule has 0 saturated heterocycles. The molecule has 1 aliphatic heterocycles. The van der Waals surface area contributed by atoms with Crippen molar-refractivity contribution < 1.29 is 26.4 Å². The average molecular weight is 425 g/mol. The van der Waals surface area contributed by atoms with Crippen LogP contribution in [0.15, 0.2) is 48.5 Å². The van der Waals surface area contributed by atoms with Gasteiger partial charge in [-0.2, -0.15) is 21.6 Å². The number of carbonyl (C=O) groups is 1. The van der Waals surface area contributed by atoms with Gasteiger partial charge in [0.1, 0.15) is 0 Å². The van der Waals surface area contributed by atoms with Crippen molar-refractivity contribution in [1.29, 1.82) is 0 Å². The zero-order chi connectivity index (χ0) is 20.8. The van der Waals surface area contributed by atoms with Crippen molar-refractivity contribution in [1.82, 2.24) is 5.32 Å². The van der Waals surface area contributed by atoms with Crippen LogP contribution in [0.1, 0.15) is 28.8 Å². The van der Waals surface area contributed by atoms with Gasteiger partial charge in [-0.3, -0.25) is 4.79 Å². The Morgan fingerprint density at radius 3 is 2.31 bits per heavy atom. The van der Waals surface area contributed by atoms with E-state index in [1.165, 1.54) is 20.7 Å². The maximum Gasteiger partial charge on any atom is 0.417 e. The second-order valence-corrected chi connectivity index (χ2v) is 8.62. The summed E-state index contributed by atoms with van der Waals surface area (Å²) in [5.74, 6) is -0.901. The zero-order valence-corrected chi connectivity index (χ0v) is 16.0. The number of nitrogens with zero attached hydrogens (tertiary/aromatic N) is 2. The number of benzene rings is 2. The van der Waals surface area contributed by atoms with E-state index in [4.69, 9.17) is 0 Å². The van der Waals surface area contributed by atoms with Crippen LogP contribution in [-0.2, 0) is 16.4 Å². The van der Waals surface area contributed by atoms with Crippen LogP contribution in [0.4, 0.5) is 24.5 Å². The monoisotopic (exact) mass is 425 g/mol. The van der Waals surface area contributed by atoms with Crippen molar-refractivity contribution in [3.8, 4) is 0 Å². The molecule has 0 atom stereocenters. The highest BCUT2D eigenvalue weighted by Gasteiger charge is 2.47. The van der Waals surface area contributed by atoms with Crippen LogP contribution in [0.5, 0.6) is 0 Å². The molecule has 0 spiro atoms. The van der Waals surface area contributed by atoms with Gasteiger partial charge in [0, 0.05) is 12.6 Å². The Morgan fingerprint density at radius 2 is 1.66 bits per heavy atom. The van der Waals surface area contributed by atoms with E-state index in [9.17, 15) is 26.4 Å². The van der Waals surface area contributed by atoms with E-state index in [1.54, 1.807) is 24.3 Å². The Hall–Kier alpha value is -2.75. The Morgan fingerprint density at radius 1 is 1.03 bits per heavy atom. The minimum absolute atomic E-state index is 0.0700. The highest BCUT2D eigenvalue weighted by Crippen LogP contribution is 2.46. The van der Waals surface area contributed by atoms with E-state index in [1.807, 2.05) is 0 Å². The van der Waals surface area contributed by atoms with Crippen LogP contribution in [0.25, 0.3) is 0 Å². The average Bonchev–Trinajstić information content (AvgIpc) is 3.46. The lowest BCUT2D eigenvalue weighted by Crippen LogP contribution is -2.42. The van der Waals surface area contributed by atoms with Gasteiger partial charge in [0.05, 0.1) is 29.0 Å². The summed E-state index contributed by atoms with van der Waals surface area (Å²) in [6.45, 7) is -0.209. The fourth-order valence-corrected chi connectivity index (χ4v) is 5.37. The SMILES string of the molecule is O=C(NCCN1c2ccccc2N(C2CC2)S1(=O)=O)c1ccccc1C(F)(F)F. The number of para-hydroxylation sites is 2. The van der Waals surface area contributed by atoms with Crippen molar-refractivity contribution in [2.75, 3.05) is 21.7 Å². The Balaban J connectivity index is 1.50. The summed E-state index contributed by atoms with van der Waals surface area (Å²) >= 11 is 0. The lowest BCUT2D eigenvalue weighted by Gasteiger charge is -2.21. The van der Waals surface area contributed by atoms with Crippen molar-refractivity contribution in [2.45, 2.75) is 25.1 Å². The van der Waals surface area contributed by atoms with Crippen LogP contribution in [0.3, 0.4) is 0 Å². The predicted octanol–water partition coefficient (Wildman–Crippen LogP) is 3.17. The molecular weight excluding hydrogens is 407 g/mol. The number of anilines is 2. The van der Waals surface area contributed by atoms with Crippen molar-refractivity contribution in [2.24, 2.45) is 0 Å². The molecule has 1 fully saturated rings. The molecule has 1 amide bonds. The van der Waals surface area contributed by atoms with Gasteiger partial charge < -0.3 is 5.32 Å². The van der Waals surface area contributed by atoms with E-state index < -0.39 is 33.4 Å². The molecule has 0 aromatic heterocycles. The third kappa shape index (κ3) is 3.52. The minimum Gasteiger partial charge on any atom is -0.350 e. The number of amides is 1. The van der Waals surface area contributed by atoms with Crippen LogP contribution < -0.4 is 13.9 Å². The first-order valence-corrected chi connectivity index (χ1v) is 10.5. The van der Waals surface area contributed by atoms with Gasteiger partial charge in [-0.15, -0.1) is 0 Å². The summed E-state index contributed by atoms with van der Waals surface area (Å²) in [6.07, 6.45) is -3.09. The summed E-state index contributed by atoms with van der Waals surface area (Å²) in [6, 6.07) is 11.3. The van der Waals surface area contributed by atoms with Gasteiger partial charge in [-0.25, -0.2) is 8.61 Å². The molecule has 1 aliphatic carbocycles. The molecule has 154 valence electrons. The number of nitrogens with one attached hydrogen (secondary N) is 1. The van der Waals surface area contributed by atoms with E-state index in [0.717, 1.165) is 25.0 Å². The largest absolute Gasteiger partial charge is 0.417 e. The summed E-state index contributed by atoms with van der Waals surface area (Å²) in [5.41, 5.74) is -0.436. The number of hydrogen-bond donors (Lipinski definition) is 1. The van der Waals surface area contributed by atoms with E-state index in [2.05, 4.69) is 5.32 Å². The third-order valence-electron chi connectivity index (χ3n) is 4.87. The second kappa shape index (κ2) is 6.94. The summed E-state index contributed by atoms with van der Waals surface area (Å²) in [4.78, 5) is 12.3. The highest BCUT2D eigenvalue weighted by atomic mass is 32.2. The molecule has 10 heteroatoms. The highest BCUT2D eigenvalue weighted by molar-refractivity contribution is 7.94. The molecular formula is C19H18F3N3O3S. The molecule has 1 heterocycles. The zero-order valence-electron chi connectivity index (χ0n) is 15.2. The van der Waals surface area contributed by atoms with Crippen molar-refractivity contribution in [3.63, 3.8) is 0 Å². The molecule has 0 unspecified atom stereocenters. The molecule has 29 heavy (non-hydrogen) atoms. The summed E-state index contributed by atoms with van der Waals surface area (Å²) in [5, 5.41) is 2.40. The van der Waals surface area contributed by atoms with Crippen molar-refractivity contribution >= 4 is 27.5 Å². The van der Waals surface area contributed by atoms with Crippen LogP contribution in [-0.4, -0.2) is 33.5 Å². The maximum absolute atomic E-state index is 13.1. The first kappa shape index (κ1) is 19.6. The van der Waals surface area contributed by atoms with Crippen LogP contribution >= 0.6 is 0 Å². The molecule has 0 radical (unpaired) electrons. The number of carbonyl (C=O) groups excluding carboxylic acids is 1. The summed E-state index contributed by atoms with van der Waals surface area (Å²) < 4.78 is 67.8. The molecule has 1 saturated carbocycles. The standard InChI is InChI=1S/C19H18F3N3O3S/c20-19(21,22)15-6-2-1-5-14(15)18(26)23-11-12-24-16-7-3-4-8-17(16)25(13-9-10-13)29(24,27)28/h1-8,13H,9-12H2,(H,23,26). The molecule has 6 nitrogen and oxygen atoms in total. The topological polar surface area (TPSA) is 69.7 Å². The number of halogens is 3. The molecule has 2 aliphatic rings. The Kier molecular flexibility index (Phi) is 4.68. The minimum atomic E-state index is -4.66. The molecule has 4 rings (SSSR count). The maximum atomic E-state index is 13.1. The normalized spacial score (nSPS) is 17.9.